The average Bonchev–Trinajstić information content (AvgIpc) is 2.69. The summed E-state index contributed by atoms with van der Waals surface area (Å²) in [6, 6.07) is 0.736. The van der Waals surface area contributed by atoms with E-state index in [0.29, 0.717) is 0 Å². The molecular weight excluding hydrogens is 150 g/mol. The monoisotopic (exact) mass is 163 g/mol. The summed E-state index contributed by atoms with van der Waals surface area (Å²) in [5.41, 5.74) is 2.89. The maximum atomic E-state index is 4.42. The molecule has 3 nitrogen and oxygen atoms in total. The minimum Gasteiger partial charge on any atom is -0.296 e. The largest absolute Gasteiger partial charge is 0.296 e. The molecule has 1 aliphatic heterocycles. The molecule has 0 unspecified atom stereocenters. The quantitative estimate of drug-likeness (QED) is 0.619. The number of nitrogens with zero attached hydrogens (tertiary/aromatic N) is 3. The Morgan fingerprint density at radius 2 is 2.25 bits per heavy atom. The van der Waals surface area contributed by atoms with E-state index >= 15 is 0 Å². The Morgan fingerprint density at radius 1 is 1.42 bits per heavy atom. The fourth-order valence-corrected chi connectivity index (χ4v) is 1.97. The molecule has 1 saturated carbocycles. The van der Waals surface area contributed by atoms with Crippen LogP contribution < -0.4 is 0 Å². The van der Waals surface area contributed by atoms with Gasteiger partial charge in [-0.2, -0.15) is 5.10 Å². The predicted octanol–water partition coefficient (Wildman–Crippen LogP) is 1.16. The summed E-state index contributed by atoms with van der Waals surface area (Å²) in [5, 5.41) is 4.42. The van der Waals surface area contributed by atoms with E-state index in [0.717, 1.165) is 19.1 Å². The van der Waals surface area contributed by atoms with Crippen LogP contribution in [0.25, 0.3) is 0 Å². The van der Waals surface area contributed by atoms with Crippen molar-refractivity contribution in [1.29, 1.82) is 0 Å². The van der Waals surface area contributed by atoms with Crippen LogP contribution in [0.3, 0.4) is 0 Å². The van der Waals surface area contributed by atoms with E-state index in [2.05, 4.69) is 21.7 Å². The Labute approximate surface area is 72.0 Å². The Hall–Kier alpha value is -0.830. The summed E-state index contributed by atoms with van der Waals surface area (Å²) in [5.74, 6) is 0. The van der Waals surface area contributed by atoms with Gasteiger partial charge in [0.05, 0.1) is 17.9 Å². The third-order valence-corrected chi connectivity index (χ3v) is 2.74. The Bertz CT molecular complexity index is 312. The van der Waals surface area contributed by atoms with Gasteiger partial charge >= 0.3 is 0 Å². The van der Waals surface area contributed by atoms with E-state index in [1.807, 2.05) is 6.20 Å². The molecule has 0 radical (unpaired) electrons. The van der Waals surface area contributed by atoms with Gasteiger partial charge in [0.25, 0.3) is 0 Å². The number of fused-ring (bicyclic) bond motifs is 1. The second kappa shape index (κ2) is 2.10. The van der Waals surface area contributed by atoms with Gasteiger partial charge in [-0.15, -0.1) is 0 Å². The Balaban J connectivity index is 2.02. The van der Waals surface area contributed by atoms with Crippen molar-refractivity contribution in [2.24, 2.45) is 0 Å². The van der Waals surface area contributed by atoms with Crippen molar-refractivity contribution >= 4 is 0 Å². The highest BCUT2D eigenvalue weighted by molar-refractivity contribution is 5.22. The highest BCUT2D eigenvalue weighted by Crippen LogP contribution is 2.37. The van der Waals surface area contributed by atoms with Crippen LogP contribution in [-0.2, 0) is 13.1 Å². The fourth-order valence-electron chi connectivity index (χ4n) is 1.97. The van der Waals surface area contributed by atoms with Crippen LogP contribution >= 0.6 is 0 Å². The lowest BCUT2D eigenvalue weighted by Gasteiger charge is -2.07. The molecule has 1 fully saturated rings. The molecule has 2 aliphatic rings. The van der Waals surface area contributed by atoms with E-state index in [1.165, 1.54) is 24.1 Å². The summed E-state index contributed by atoms with van der Waals surface area (Å²) < 4.78 is 2.23. The van der Waals surface area contributed by atoms with Crippen LogP contribution in [0.15, 0.2) is 6.20 Å². The molecule has 0 spiro atoms. The van der Waals surface area contributed by atoms with Crippen molar-refractivity contribution in [1.82, 2.24) is 14.7 Å². The lowest BCUT2D eigenvalue weighted by molar-refractivity contribution is 0.341. The van der Waals surface area contributed by atoms with Crippen molar-refractivity contribution < 1.29 is 0 Å². The summed E-state index contributed by atoms with van der Waals surface area (Å²) >= 11 is 0. The first-order chi connectivity index (χ1) is 5.84. The van der Waals surface area contributed by atoms with Gasteiger partial charge in [0, 0.05) is 18.7 Å². The number of rotatable bonds is 1. The molecular formula is C9H13N3. The first kappa shape index (κ1) is 6.66. The van der Waals surface area contributed by atoms with E-state index < -0.39 is 0 Å². The van der Waals surface area contributed by atoms with E-state index in [-0.39, 0.29) is 0 Å². The maximum Gasteiger partial charge on any atom is 0.0572 e. The molecule has 0 N–H and O–H groups in total. The smallest absolute Gasteiger partial charge is 0.0572 e. The van der Waals surface area contributed by atoms with Crippen LogP contribution in [0.2, 0.25) is 0 Å². The van der Waals surface area contributed by atoms with Crippen LogP contribution in [0.4, 0.5) is 0 Å². The van der Waals surface area contributed by atoms with Crippen LogP contribution in [0.1, 0.15) is 30.1 Å². The molecule has 0 aromatic carbocycles. The summed E-state index contributed by atoms with van der Waals surface area (Å²) in [4.78, 5) is 2.34. The Morgan fingerprint density at radius 3 is 3.00 bits per heavy atom. The average molecular weight is 163 g/mol. The first-order valence-corrected chi connectivity index (χ1v) is 4.58. The van der Waals surface area contributed by atoms with Crippen molar-refractivity contribution in [3.05, 3.63) is 17.5 Å². The zero-order valence-corrected chi connectivity index (χ0v) is 7.32. The minimum absolute atomic E-state index is 0.736. The highest BCUT2D eigenvalue weighted by atomic mass is 15.3. The van der Waals surface area contributed by atoms with Gasteiger partial charge in [0.1, 0.15) is 0 Å². The topological polar surface area (TPSA) is 21.1 Å². The van der Waals surface area contributed by atoms with Crippen LogP contribution in [0, 0.1) is 0 Å². The lowest BCUT2D eigenvalue weighted by Crippen LogP contribution is -2.11. The van der Waals surface area contributed by atoms with E-state index in [4.69, 9.17) is 0 Å². The normalized spacial score (nSPS) is 23.1. The third kappa shape index (κ3) is 0.829. The molecule has 64 valence electrons. The van der Waals surface area contributed by atoms with Crippen molar-refractivity contribution in [3.8, 4) is 0 Å². The van der Waals surface area contributed by atoms with Gasteiger partial charge in [-0.1, -0.05) is 0 Å². The standard InChI is InChI=1S/C9H13N3/c1-11-5-7-4-10-12(8-2-3-8)9(7)6-11/h4,8H,2-3,5-6H2,1H3. The molecule has 1 aromatic rings. The van der Waals surface area contributed by atoms with Gasteiger partial charge in [-0.3, -0.25) is 9.58 Å². The maximum absolute atomic E-state index is 4.42. The van der Waals surface area contributed by atoms with Gasteiger partial charge in [0.2, 0.25) is 0 Å². The summed E-state index contributed by atoms with van der Waals surface area (Å²) in [6.07, 6.45) is 4.70. The molecule has 0 saturated heterocycles. The van der Waals surface area contributed by atoms with Crippen LogP contribution in [0.5, 0.6) is 0 Å². The van der Waals surface area contributed by atoms with Crippen molar-refractivity contribution in [2.45, 2.75) is 32.0 Å². The molecule has 3 heteroatoms. The number of aromatic nitrogens is 2. The molecule has 2 heterocycles. The van der Waals surface area contributed by atoms with Gasteiger partial charge in [-0.05, 0) is 19.9 Å². The number of hydrogen-bond donors (Lipinski definition) is 0. The summed E-state index contributed by atoms with van der Waals surface area (Å²) in [6.45, 7) is 2.17. The fraction of sp³-hybridized carbons (Fsp3) is 0.667. The highest BCUT2D eigenvalue weighted by Gasteiger charge is 2.30. The van der Waals surface area contributed by atoms with E-state index in [9.17, 15) is 0 Å². The molecule has 3 rings (SSSR count). The second-order valence-corrected chi connectivity index (χ2v) is 3.96. The molecule has 1 aromatic heterocycles. The zero-order chi connectivity index (χ0) is 8.13. The van der Waals surface area contributed by atoms with E-state index in [1.54, 1.807) is 0 Å². The van der Waals surface area contributed by atoms with Gasteiger partial charge in [-0.25, -0.2) is 0 Å². The van der Waals surface area contributed by atoms with Gasteiger partial charge < -0.3 is 0 Å². The second-order valence-electron chi connectivity index (χ2n) is 3.96. The molecule has 0 amide bonds. The number of hydrogen-bond acceptors (Lipinski definition) is 2. The van der Waals surface area contributed by atoms with Crippen LogP contribution in [-0.4, -0.2) is 21.7 Å². The van der Waals surface area contributed by atoms with Crippen molar-refractivity contribution in [3.63, 3.8) is 0 Å². The van der Waals surface area contributed by atoms with Crippen molar-refractivity contribution in [2.75, 3.05) is 7.05 Å². The minimum atomic E-state index is 0.736. The lowest BCUT2D eigenvalue weighted by atomic mass is 10.3. The molecule has 0 atom stereocenters. The van der Waals surface area contributed by atoms with Gasteiger partial charge in [0.15, 0.2) is 0 Å². The zero-order valence-electron chi connectivity index (χ0n) is 7.32. The molecule has 0 bridgehead atoms. The molecule has 12 heavy (non-hydrogen) atoms. The molecule has 1 aliphatic carbocycles. The SMILES string of the molecule is CN1Cc2cnn(C3CC3)c2C1. The predicted molar refractivity (Wildman–Crippen MR) is 45.7 cm³/mol. The summed E-state index contributed by atoms with van der Waals surface area (Å²) in [7, 11) is 2.16. The third-order valence-electron chi connectivity index (χ3n) is 2.74. The Kier molecular flexibility index (Phi) is 1.17. The first-order valence-electron chi connectivity index (χ1n) is 4.58.